The summed E-state index contributed by atoms with van der Waals surface area (Å²) in [6, 6.07) is 1.44. The van der Waals surface area contributed by atoms with Crippen molar-refractivity contribution < 1.29 is 32.3 Å². The fourth-order valence-electron chi connectivity index (χ4n) is 1.49. The molecule has 1 aromatic carbocycles. The Morgan fingerprint density at radius 2 is 1.95 bits per heavy atom. The number of urea groups is 1. The molecule has 2 amide bonds. The van der Waals surface area contributed by atoms with Crippen LogP contribution in [-0.4, -0.2) is 41.3 Å². The second kappa shape index (κ2) is 6.42. The number of amides is 2. The molecule has 9 heteroatoms. The molecule has 0 fully saturated rings. The lowest BCUT2D eigenvalue weighted by atomic mass is 10.2. The Hall–Kier alpha value is -2.32. The third kappa shape index (κ3) is 4.93. The van der Waals surface area contributed by atoms with Crippen LogP contribution in [-0.2, 0) is 0 Å². The Morgan fingerprint density at radius 3 is 2.43 bits per heavy atom. The molecule has 0 heterocycles. The van der Waals surface area contributed by atoms with Gasteiger partial charge in [0.1, 0.15) is 12.4 Å². The van der Waals surface area contributed by atoms with Gasteiger partial charge >= 0.3 is 18.2 Å². The van der Waals surface area contributed by atoms with Gasteiger partial charge in [0.25, 0.3) is 0 Å². The first kappa shape index (κ1) is 16.7. The second-order valence-corrected chi connectivity index (χ2v) is 4.06. The molecule has 116 valence electrons. The van der Waals surface area contributed by atoms with Crippen molar-refractivity contribution in [3.8, 4) is 0 Å². The lowest BCUT2D eigenvalue weighted by Gasteiger charge is -2.22. The van der Waals surface area contributed by atoms with E-state index >= 15 is 0 Å². The van der Waals surface area contributed by atoms with Crippen LogP contribution in [0.25, 0.3) is 0 Å². The van der Waals surface area contributed by atoms with Gasteiger partial charge in [-0.05, 0) is 25.1 Å². The highest BCUT2D eigenvalue weighted by Crippen LogP contribution is 2.19. The van der Waals surface area contributed by atoms with Crippen LogP contribution in [0.5, 0.6) is 0 Å². The van der Waals surface area contributed by atoms with Gasteiger partial charge in [0.2, 0.25) is 0 Å². The Balaban J connectivity index is 2.91. The summed E-state index contributed by atoms with van der Waals surface area (Å²) in [4.78, 5) is 22.8. The molecule has 2 N–H and O–H groups in total. The first-order valence-corrected chi connectivity index (χ1v) is 5.79. The summed E-state index contributed by atoms with van der Waals surface area (Å²) in [5.74, 6) is -2.30. The van der Waals surface area contributed by atoms with E-state index in [-0.39, 0.29) is 12.1 Å². The molecule has 0 radical (unpaired) electrons. The van der Waals surface area contributed by atoms with Crippen molar-refractivity contribution in [2.24, 2.45) is 0 Å². The predicted molar refractivity (Wildman–Crippen MR) is 65.7 cm³/mol. The SMILES string of the molecule is CCN(CC(F)(F)F)C(=O)Nc1cc(C(=O)O)ccc1F. The molecule has 0 atom stereocenters. The van der Waals surface area contributed by atoms with E-state index in [1.165, 1.54) is 6.92 Å². The third-order valence-corrected chi connectivity index (χ3v) is 2.49. The summed E-state index contributed by atoms with van der Waals surface area (Å²) in [5, 5.41) is 10.7. The first-order chi connectivity index (χ1) is 9.64. The summed E-state index contributed by atoms with van der Waals surface area (Å²) in [6.45, 7) is -0.406. The number of anilines is 1. The smallest absolute Gasteiger partial charge is 0.406 e. The molecule has 0 saturated carbocycles. The standard InChI is InChI=1S/C12H12F4N2O3/c1-2-18(6-12(14,15)16)11(21)17-9-5-7(10(19)20)3-4-8(9)13/h3-5H,2,6H2,1H3,(H,17,21)(H,19,20). The maximum atomic E-state index is 13.5. The molecule has 5 nitrogen and oxygen atoms in total. The Morgan fingerprint density at radius 1 is 1.33 bits per heavy atom. The van der Waals surface area contributed by atoms with Crippen LogP contribution < -0.4 is 5.32 Å². The second-order valence-electron chi connectivity index (χ2n) is 4.06. The number of carbonyl (C=O) groups excluding carboxylic acids is 1. The Kier molecular flexibility index (Phi) is 5.12. The predicted octanol–water partition coefficient (Wildman–Crippen LogP) is 2.94. The Labute approximate surface area is 117 Å². The number of rotatable bonds is 4. The fourth-order valence-corrected chi connectivity index (χ4v) is 1.49. The number of hydrogen-bond donors (Lipinski definition) is 2. The van der Waals surface area contributed by atoms with E-state index in [1.807, 2.05) is 5.32 Å². The number of aromatic carboxylic acids is 1. The zero-order chi connectivity index (χ0) is 16.2. The minimum absolute atomic E-state index is 0.244. The number of alkyl halides is 3. The van der Waals surface area contributed by atoms with Gasteiger partial charge in [0.15, 0.2) is 0 Å². The minimum atomic E-state index is -4.59. The number of halogens is 4. The molecule has 1 aromatic rings. The highest BCUT2D eigenvalue weighted by Gasteiger charge is 2.32. The van der Waals surface area contributed by atoms with Gasteiger partial charge in [0.05, 0.1) is 11.3 Å². The minimum Gasteiger partial charge on any atom is -0.478 e. The number of benzene rings is 1. The number of nitrogens with zero attached hydrogens (tertiary/aromatic N) is 1. The van der Waals surface area contributed by atoms with E-state index in [9.17, 15) is 27.2 Å². The van der Waals surface area contributed by atoms with E-state index in [0.29, 0.717) is 4.90 Å². The number of carboxylic acid groups (broad SMARTS) is 1. The molecular formula is C12H12F4N2O3. The van der Waals surface area contributed by atoms with E-state index in [2.05, 4.69) is 0 Å². The molecule has 0 aliphatic carbocycles. The molecule has 21 heavy (non-hydrogen) atoms. The lowest BCUT2D eigenvalue weighted by Crippen LogP contribution is -2.41. The monoisotopic (exact) mass is 308 g/mol. The van der Waals surface area contributed by atoms with Crippen LogP contribution in [0.15, 0.2) is 18.2 Å². The van der Waals surface area contributed by atoms with Crippen molar-refractivity contribution in [3.05, 3.63) is 29.6 Å². The average molecular weight is 308 g/mol. The van der Waals surface area contributed by atoms with Gasteiger partial charge in [-0.1, -0.05) is 0 Å². The maximum Gasteiger partial charge on any atom is 0.406 e. The molecule has 0 aromatic heterocycles. The highest BCUT2D eigenvalue weighted by atomic mass is 19.4. The van der Waals surface area contributed by atoms with Crippen molar-refractivity contribution in [1.82, 2.24) is 4.90 Å². The molecule has 0 spiro atoms. The molecule has 1 rings (SSSR count). The van der Waals surface area contributed by atoms with E-state index in [0.717, 1.165) is 18.2 Å². The number of nitrogens with one attached hydrogen (secondary N) is 1. The summed E-state index contributed by atoms with van der Waals surface area (Å²) in [5.41, 5.74) is -0.800. The Bertz CT molecular complexity index is 546. The van der Waals surface area contributed by atoms with Crippen LogP contribution in [0.3, 0.4) is 0 Å². The average Bonchev–Trinajstić information content (AvgIpc) is 2.37. The van der Waals surface area contributed by atoms with Gasteiger partial charge < -0.3 is 15.3 Å². The van der Waals surface area contributed by atoms with Gasteiger partial charge in [-0.2, -0.15) is 13.2 Å². The van der Waals surface area contributed by atoms with Crippen molar-refractivity contribution in [2.45, 2.75) is 13.1 Å². The summed E-state index contributed by atoms with van der Waals surface area (Å²) >= 11 is 0. The fraction of sp³-hybridized carbons (Fsp3) is 0.333. The van der Waals surface area contributed by atoms with Crippen LogP contribution in [0.4, 0.5) is 28.0 Å². The van der Waals surface area contributed by atoms with Gasteiger partial charge in [0, 0.05) is 6.54 Å². The van der Waals surface area contributed by atoms with Gasteiger partial charge in [-0.15, -0.1) is 0 Å². The molecule has 0 aliphatic rings. The van der Waals surface area contributed by atoms with Crippen LogP contribution in [0.2, 0.25) is 0 Å². The molecule has 0 saturated heterocycles. The van der Waals surface area contributed by atoms with Crippen molar-refractivity contribution >= 4 is 17.7 Å². The lowest BCUT2D eigenvalue weighted by molar-refractivity contribution is -0.139. The molecular weight excluding hydrogens is 296 g/mol. The zero-order valence-electron chi connectivity index (χ0n) is 10.9. The quantitative estimate of drug-likeness (QED) is 0.840. The largest absolute Gasteiger partial charge is 0.478 e. The van der Waals surface area contributed by atoms with Crippen molar-refractivity contribution in [3.63, 3.8) is 0 Å². The van der Waals surface area contributed by atoms with Gasteiger partial charge in [-0.3, -0.25) is 0 Å². The third-order valence-electron chi connectivity index (χ3n) is 2.49. The van der Waals surface area contributed by atoms with Crippen molar-refractivity contribution in [1.29, 1.82) is 0 Å². The molecule has 0 bridgehead atoms. The first-order valence-electron chi connectivity index (χ1n) is 5.79. The van der Waals surface area contributed by atoms with Crippen LogP contribution in [0.1, 0.15) is 17.3 Å². The molecule has 0 aliphatic heterocycles. The normalized spacial score (nSPS) is 11.1. The zero-order valence-corrected chi connectivity index (χ0v) is 10.9. The number of hydrogen-bond acceptors (Lipinski definition) is 2. The van der Waals surface area contributed by atoms with E-state index in [1.54, 1.807) is 0 Å². The van der Waals surface area contributed by atoms with Crippen LogP contribution in [0, 0.1) is 5.82 Å². The van der Waals surface area contributed by atoms with Crippen molar-refractivity contribution in [2.75, 3.05) is 18.4 Å². The van der Waals surface area contributed by atoms with E-state index in [4.69, 9.17) is 5.11 Å². The van der Waals surface area contributed by atoms with Crippen LogP contribution >= 0.6 is 0 Å². The van der Waals surface area contributed by atoms with E-state index < -0.39 is 36.2 Å². The summed E-state index contributed by atoms with van der Waals surface area (Å²) in [6.07, 6.45) is -4.59. The summed E-state index contributed by atoms with van der Waals surface area (Å²) in [7, 11) is 0. The van der Waals surface area contributed by atoms with Gasteiger partial charge in [-0.25, -0.2) is 14.0 Å². The molecule has 0 unspecified atom stereocenters. The topological polar surface area (TPSA) is 69.6 Å². The highest BCUT2D eigenvalue weighted by molar-refractivity contribution is 5.93. The maximum absolute atomic E-state index is 13.5. The number of carbonyl (C=O) groups is 2. The summed E-state index contributed by atoms with van der Waals surface area (Å²) < 4.78 is 50.3. The number of carboxylic acids is 1.